The van der Waals surface area contributed by atoms with Crippen molar-refractivity contribution >= 4 is 41.5 Å². The summed E-state index contributed by atoms with van der Waals surface area (Å²) in [7, 11) is 0. The van der Waals surface area contributed by atoms with Gasteiger partial charge >= 0.3 is 6.09 Å². The van der Waals surface area contributed by atoms with Crippen molar-refractivity contribution in [3.8, 4) is 11.5 Å². The lowest BCUT2D eigenvalue weighted by Crippen LogP contribution is -2.48. The number of hydrogen-bond donors (Lipinski definition) is 7. The molecule has 1 unspecified atom stereocenters. The van der Waals surface area contributed by atoms with E-state index in [1.807, 2.05) is 70.5 Å². The van der Waals surface area contributed by atoms with Crippen LogP contribution in [0.2, 0.25) is 0 Å². The Morgan fingerprint density at radius 3 is 1.22 bits per heavy atom. The van der Waals surface area contributed by atoms with Gasteiger partial charge in [-0.3, -0.25) is 38.6 Å². The van der Waals surface area contributed by atoms with Gasteiger partial charge in [0.1, 0.15) is 18.8 Å². The maximum atomic E-state index is 15.2. The number of rotatable bonds is 10. The third kappa shape index (κ3) is 17.1. The van der Waals surface area contributed by atoms with Crippen LogP contribution in [0.15, 0.2) is 97.1 Å². The van der Waals surface area contributed by atoms with Gasteiger partial charge in [0.15, 0.2) is 11.5 Å². The highest BCUT2D eigenvalue weighted by Gasteiger charge is 2.28. The molecule has 12 aliphatic rings. The first kappa shape index (κ1) is 60.4. The molecule has 0 fully saturated rings. The molecule has 5 aromatic carbocycles. The molecule has 1 atom stereocenters. The van der Waals surface area contributed by atoms with E-state index >= 15 is 4.79 Å². The minimum absolute atomic E-state index is 0.0209. The summed E-state index contributed by atoms with van der Waals surface area (Å²) in [4.78, 5) is 102. The fourth-order valence-corrected chi connectivity index (χ4v) is 9.67. The predicted molar refractivity (Wildman–Crippen MR) is 309 cm³/mol. The van der Waals surface area contributed by atoms with E-state index in [1.165, 1.54) is 0 Å². The molecule has 0 aromatic heterocycles. The Hall–Kier alpha value is -8.29. The van der Waals surface area contributed by atoms with Gasteiger partial charge < -0.3 is 51.4 Å². The van der Waals surface area contributed by atoms with E-state index in [4.69, 9.17) is 14.2 Å². The van der Waals surface area contributed by atoms with Crippen LogP contribution in [0.4, 0.5) is 4.79 Å². The highest BCUT2D eigenvalue weighted by molar-refractivity contribution is 6.04. The molecule has 0 radical (unpaired) electrons. The van der Waals surface area contributed by atoms with Gasteiger partial charge in [-0.05, 0) is 131 Å². The Morgan fingerprint density at radius 2 is 0.840 bits per heavy atom. The smallest absolute Gasteiger partial charge is 0.407 e. The second kappa shape index (κ2) is 28.7. The van der Waals surface area contributed by atoms with E-state index in [-0.39, 0.29) is 118 Å². The van der Waals surface area contributed by atoms with Crippen molar-refractivity contribution in [2.45, 2.75) is 86.2 Å². The van der Waals surface area contributed by atoms with Gasteiger partial charge in [0.25, 0.3) is 35.4 Å². The van der Waals surface area contributed by atoms with Gasteiger partial charge in [0, 0.05) is 107 Å². The van der Waals surface area contributed by atoms with Crippen molar-refractivity contribution in [2.24, 2.45) is 0 Å². The molecule has 7 amide bonds. The summed E-state index contributed by atoms with van der Waals surface area (Å²) in [5.41, 5.74) is 5.33. The summed E-state index contributed by atoms with van der Waals surface area (Å²) in [6, 6.07) is 27.8. The molecular formula is C62H77N9O10. The number of ether oxygens (including phenoxy) is 3. The largest absolute Gasteiger partial charge is 0.484 e. The molecule has 19 nitrogen and oxygen atoms in total. The van der Waals surface area contributed by atoms with Crippen molar-refractivity contribution in [1.29, 1.82) is 0 Å². The van der Waals surface area contributed by atoms with Crippen LogP contribution in [-0.2, 0) is 18.0 Å². The molecular weight excluding hydrogens is 1030 g/mol. The molecule has 8 bridgehead atoms. The minimum atomic E-state index is -0.720. The SMILES string of the molecule is Cc1c2ccc(c1C)C(=O)NCCN1CCNC(=O)c3ccc(c(C)c3C)C(=O)NCCN(CCNC2=O)CCNC(=O)c2ccc(c(OCc3ccccc3)c2OCc2ccccc2)C(=O)NC(CCCNC(=O)OC(C)(C)C)C1. The Bertz CT molecular complexity index is 2960. The van der Waals surface area contributed by atoms with Crippen LogP contribution < -0.4 is 46.7 Å². The molecule has 12 heterocycles. The van der Waals surface area contributed by atoms with Gasteiger partial charge in [-0.15, -0.1) is 0 Å². The van der Waals surface area contributed by atoms with Gasteiger partial charge in [-0.2, -0.15) is 0 Å². The lowest BCUT2D eigenvalue weighted by atomic mass is 9.97. The van der Waals surface area contributed by atoms with Crippen molar-refractivity contribution in [3.63, 3.8) is 0 Å². The van der Waals surface area contributed by atoms with E-state index in [2.05, 4.69) is 37.2 Å². The van der Waals surface area contributed by atoms with E-state index < -0.39 is 29.6 Å². The summed E-state index contributed by atoms with van der Waals surface area (Å²) in [6.07, 6.45) is 0.172. The number of hydrogen-bond acceptors (Lipinski definition) is 12. The Morgan fingerprint density at radius 1 is 0.494 bits per heavy atom. The predicted octanol–water partition coefficient (Wildman–Crippen LogP) is 6.16. The number of alkyl carbamates (subject to hydrolysis) is 1. The van der Waals surface area contributed by atoms with Gasteiger partial charge in [0.2, 0.25) is 0 Å². The van der Waals surface area contributed by atoms with Crippen LogP contribution in [0.3, 0.4) is 0 Å². The number of amides is 7. The topological polar surface area (TPSA) is 238 Å². The van der Waals surface area contributed by atoms with E-state index in [1.54, 1.807) is 84.9 Å². The van der Waals surface area contributed by atoms with Crippen LogP contribution in [0.1, 0.15) is 129 Å². The molecule has 7 N–H and O–H groups in total. The summed E-state index contributed by atoms with van der Waals surface area (Å²) in [6.45, 7) is 15.4. The van der Waals surface area contributed by atoms with Crippen molar-refractivity contribution < 1.29 is 47.8 Å². The third-order valence-electron chi connectivity index (χ3n) is 14.4. The number of nitrogens with one attached hydrogen (secondary N) is 7. The summed E-state index contributed by atoms with van der Waals surface area (Å²) < 4.78 is 18.7. The highest BCUT2D eigenvalue weighted by atomic mass is 16.6. The van der Waals surface area contributed by atoms with E-state index in [0.29, 0.717) is 77.0 Å². The van der Waals surface area contributed by atoms with Crippen molar-refractivity contribution in [3.05, 3.63) is 164 Å². The Labute approximate surface area is 474 Å². The van der Waals surface area contributed by atoms with Crippen LogP contribution in [0.5, 0.6) is 11.5 Å². The second-order valence-electron chi connectivity index (χ2n) is 21.4. The number of benzene rings is 5. The summed E-state index contributed by atoms with van der Waals surface area (Å²) in [5, 5.41) is 21.3. The molecule has 0 saturated carbocycles. The zero-order valence-corrected chi connectivity index (χ0v) is 47.6. The fraction of sp³-hybridized carbons (Fsp3) is 0.403. The van der Waals surface area contributed by atoms with Gasteiger partial charge in [-0.25, -0.2) is 4.79 Å². The van der Waals surface area contributed by atoms with E-state index in [0.717, 1.165) is 11.1 Å². The third-order valence-corrected chi connectivity index (χ3v) is 14.4. The molecule has 5 aromatic rings. The zero-order valence-electron chi connectivity index (χ0n) is 47.6. The lowest BCUT2D eigenvalue weighted by molar-refractivity contribution is 0.0524. The maximum Gasteiger partial charge on any atom is 0.407 e. The lowest BCUT2D eigenvalue weighted by Gasteiger charge is -2.29. The highest BCUT2D eigenvalue weighted by Crippen LogP contribution is 2.37. The van der Waals surface area contributed by atoms with Crippen molar-refractivity contribution in [1.82, 2.24) is 47.0 Å². The first-order valence-electron chi connectivity index (χ1n) is 27.7. The number of carbonyl (C=O) groups is 7. The van der Waals surface area contributed by atoms with Crippen LogP contribution >= 0.6 is 0 Å². The monoisotopic (exact) mass is 1110 g/mol. The first-order valence-corrected chi connectivity index (χ1v) is 27.7. The Kier molecular flexibility index (Phi) is 21.4. The van der Waals surface area contributed by atoms with Gasteiger partial charge in [-0.1, -0.05) is 60.7 Å². The fourth-order valence-electron chi connectivity index (χ4n) is 9.67. The van der Waals surface area contributed by atoms with E-state index in [9.17, 15) is 28.8 Å². The molecule has 0 saturated heterocycles. The first-order chi connectivity index (χ1) is 38.9. The van der Waals surface area contributed by atoms with Crippen LogP contribution in [-0.4, -0.2) is 142 Å². The Balaban J connectivity index is 1.32. The number of carbonyl (C=O) groups excluding carboxylic acids is 7. The number of nitrogens with zero attached hydrogens (tertiary/aromatic N) is 2. The van der Waals surface area contributed by atoms with Gasteiger partial charge in [0.05, 0.1) is 11.1 Å². The quantitative estimate of drug-likeness (QED) is 0.0779. The average molecular weight is 1110 g/mol. The molecule has 17 rings (SSSR count). The molecule has 0 aliphatic carbocycles. The van der Waals surface area contributed by atoms with Crippen LogP contribution in [0.25, 0.3) is 0 Å². The summed E-state index contributed by atoms with van der Waals surface area (Å²) in [5.74, 6) is -2.23. The second-order valence-corrected chi connectivity index (χ2v) is 21.4. The molecule has 19 heteroatoms. The normalized spacial score (nSPS) is 18.2. The minimum Gasteiger partial charge on any atom is -0.484 e. The summed E-state index contributed by atoms with van der Waals surface area (Å²) >= 11 is 0. The van der Waals surface area contributed by atoms with Crippen molar-refractivity contribution in [2.75, 3.05) is 78.5 Å². The molecule has 12 aliphatic heterocycles. The van der Waals surface area contributed by atoms with Crippen LogP contribution in [0, 0.1) is 27.7 Å². The zero-order chi connectivity index (χ0) is 58.1. The standard InChI is InChI=1S/C62H77N9O10/c1-40-42(3)49-22-20-47(40)55(72)63-27-32-70-33-28-64-56(73)48-21-23-50(43(4)41(48)2)58(75)66-31-36-71(35-30-65-57(49)74)37-46(19-14-26-68-61(78)81-62(5,6)7)69-60(77)52-25-24-51(59(76)67-29-34-70)53(79-38-44-15-10-8-11-16-44)54(52)80-39-45-17-12-9-13-18-45/h8-13,15-18,20-25,46H,14,19,26-39H2,1-7H3,(H,63,72)(H,64,73)(H,65,74)(H,66,75)(H,67,76)(H,68,78)(H,69,77). The molecule has 0 spiro atoms. The maximum absolute atomic E-state index is 15.2. The molecule has 81 heavy (non-hydrogen) atoms. The average Bonchev–Trinajstić information content (AvgIpc) is 3.45. The molecule has 430 valence electrons.